The number of nitrogens with zero attached hydrogens (tertiary/aromatic N) is 3. The summed E-state index contributed by atoms with van der Waals surface area (Å²) in [5, 5.41) is 2.82. The number of imidazole rings is 1. The van der Waals surface area contributed by atoms with Gasteiger partial charge in [-0.15, -0.1) is 11.3 Å². The van der Waals surface area contributed by atoms with Crippen LogP contribution in [0.3, 0.4) is 0 Å². The summed E-state index contributed by atoms with van der Waals surface area (Å²) in [5.74, 6) is 0.993. The standard InChI is InChI=1S/C23H29N3O3S3/c1-17(2)9-11-25-21-8-4-3-7-20(21)24-23(25)31-15-22(27)26(14-19-6-5-12-30-19)18-10-13-32(28,29)16-18/h3-8,12,17-18H,9-11,13-16H2,1-2H3/t18-/m0/s1. The first-order valence-corrected chi connectivity index (χ1v) is 14.6. The Balaban J connectivity index is 1.52. The third kappa shape index (κ3) is 5.55. The van der Waals surface area contributed by atoms with E-state index in [1.165, 1.54) is 11.8 Å². The minimum absolute atomic E-state index is 0.0343. The van der Waals surface area contributed by atoms with Crippen LogP contribution in [0.2, 0.25) is 0 Å². The quantitative estimate of drug-likeness (QED) is 0.414. The Hall–Kier alpha value is -1.84. The highest BCUT2D eigenvalue weighted by atomic mass is 32.2. The molecule has 9 heteroatoms. The minimum atomic E-state index is -3.07. The summed E-state index contributed by atoms with van der Waals surface area (Å²) in [4.78, 5) is 20.9. The van der Waals surface area contributed by atoms with E-state index in [4.69, 9.17) is 4.98 Å². The van der Waals surface area contributed by atoms with Gasteiger partial charge in [0.05, 0.1) is 34.8 Å². The zero-order valence-electron chi connectivity index (χ0n) is 18.4. The Morgan fingerprint density at radius 3 is 2.78 bits per heavy atom. The maximum absolute atomic E-state index is 13.3. The summed E-state index contributed by atoms with van der Waals surface area (Å²) >= 11 is 3.04. The first-order valence-electron chi connectivity index (χ1n) is 10.9. The van der Waals surface area contributed by atoms with Crippen LogP contribution in [0.15, 0.2) is 46.9 Å². The van der Waals surface area contributed by atoms with Gasteiger partial charge in [0.1, 0.15) is 0 Å². The van der Waals surface area contributed by atoms with E-state index >= 15 is 0 Å². The number of fused-ring (bicyclic) bond motifs is 1. The molecule has 1 saturated heterocycles. The lowest BCUT2D eigenvalue weighted by Gasteiger charge is -2.28. The average molecular weight is 492 g/mol. The molecule has 172 valence electrons. The molecule has 3 aromatic rings. The molecule has 0 bridgehead atoms. The van der Waals surface area contributed by atoms with Crippen molar-refractivity contribution < 1.29 is 13.2 Å². The molecule has 6 nitrogen and oxygen atoms in total. The van der Waals surface area contributed by atoms with Crippen LogP contribution in [0.5, 0.6) is 0 Å². The molecule has 1 aromatic carbocycles. The Morgan fingerprint density at radius 2 is 2.09 bits per heavy atom. The molecular weight excluding hydrogens is 462 g/mol. The molecule has 0 unspecified atom stereocenters. The molecule has 1 atom stereocenters. The van der Waals surface area contributed by atoms with Crippen molar-refractivity contribution in [3.05, 3.63) is 46.7 Å². The Labute approximate surface area is 197 Å². The molecule has 0 N–H and O–H groups in total. The molecule has 4 rings (SSSR count). The number of hydrogen-bond acceptors (Lipinski definition) is 6. The van der Waals surface area contributed by atoms with Gasteiger partial charge in [-0.05, 0) is 42.3 Å². The molecule has 0 spiro atoms. The zero-order valence-corrected chi connectivity index (χ0v) is 20.9. The summed E-state index contributed by atoms with van der Waals surface area (Å²) in [6.07, 6.45) is 1.54. The van der Waals surface area contributed by atoms with Gasteiger partial charge in [-0.3, -0.25) is 4.79 Å². The fourth-order valence-corrected chi connectivity index (χ4v) is 7.35. The number of para-hydroxylation sites is 2. The third-order valence-electron chi connectivity index (χ3n) is 5.75. The van der Waals surface area contributed by atoms with Crippen molar-refractivity contribution in [2.45, 2.75) is 51.0 Å². The summed E-state index contributed by atoms with van der Waals surface area (Å²) in [5.41, 5.74) is 2.02. The predicted octanol–water partition coefficient (Wildman–Crippen LogP) is 4.45. The maximum atomic E-state index is 13.3. The SMILES string of the molecule is CC(C)CCn1c(SCC(=O)N(Cc2cccs2)[C@H]2CCS(=O)(=O)C2)nc2ccccc21. The number of thiophene rings is 1. The maximum Gasteiger partial charge on any atom is 0.233 e. The number of amides is 1. The van der Waals surface area contributed by atoms with Crippen molar-refractivity contribution >= 4 is 49.9 Å². The normalized spacial score (nSPS) is 17.9. The van der Waals surface area contributed by atoms with Gasteiger partial charge in [0.15, 0.2) is 15.0 Å². The molecular formula is C23H29N3O3S3. The number of thioether (sulfide) groups is 1. The van der Waals surface area contributed by atoms with Gasteiger partial charge in [-0.1, -0.05) is 43.8 Å². The second-order valence-corrected chi connectivity index (χ2v) is 12.9. The van der Waals surface area contributed by atoms with Crippen molar-refractivity contribution in [3.63, 3.8) is 0 Å². The number of sulfone groups is 1. The van der Waals surface area contributed by atoms with Crippen molar-refractivity contribution in [1.29, 1.82) is 0 Å². The molecule has 1 aliphatic rings. The van der Waals surface area contributed by atoms with Crippen LogP contribution in [0.4, 0.5) is 0 Å². The van der Waals surface area contributed by atoms with Gasteiger partial charge in [0, 0.05) is 17.5 Å². The predicted molar refractivity (Wildman–Crippen MR) is 132 cm³/mol. The average Bonchev–Trinajstić information content (AvgIpc) is 3.47. The Kier molecular flexibility index (Phi) is 7.27. The first kappa shape index (κ1) is 23.3. The highest BCUT2D eigenvalue weighted by Gasteiger charge is 2.35. The highest BCUT2D eigenvalue weighted by Crippen LogP contribution is 2.27. The lowest BCUT2D eigenvalue weighted by molar-refractivity contribution is -0.130. The molecule has 32 heavy (non-hydrogen) atoms. The van der Waals surface area contributed by atoms with E-state index in [0.717, 1.165) is 34.0 Å². The molecule has 3 heterocycles. The topological polar surface area (TPSA) is 72.3 Å². The van der Waals surface area contributed by atoms with Crippen LogP contribution in [0, 0.1) is 5.92 Å². The molecule has 0 saturated carbocycles. The smallest absolute Gasteiger partial charge is 0.233 e. The van der Waals surface area contributed by atoms with E-state index in [1.54, 1.807) is 16.2 Å². The van der Waals surface area contributed by atoms with Crippen molar-refractivity contribution in [2.24, 2.45) is 5.92 Å². The van der Waals surface area contributed by atoms with Crippen molar-refractivity contribution in [2.75, 3.05) is 17.3 Å². The number of carbonyl (C=O) groups is 1. The number of hydrogen-bond donors (Lipinski definition) is 0. The number of rotatable bonds is 9. The van der Waals surface area contributed by atoms with Crippen LogP contribution >= 0.6 is 23.1 Å². The third-order valence-corrected chi connectivity index (χ3v) is 9.32. The van der Waals surface area contributed by atoms with E-state index in [2.05, 4.69) is 24.5 Å². The van der Waals surface area contributed by atoms with Crippen molar-refractivity contribution in [3.8, 4) is 0 Å². The Morgan fingerprint density at radius 1 is 1.28 bits per heavy atom. The highest BCUT2D eigenvalue weighted by molar-refractivity contribution is 7.99. The monoisotopic (exact) mass is 491 g/mol. The summed E-state index contributed by atoms with van der Waals surface area (Å²) in [6, 6.07) is 11.8. The van der Waals surface area contributed by atoms with Crippen LogP contribution in [0.1, 0.15) is 31.6 Å². The lowest BCUT2D eigenvalue weighted by Crippen LogP contribution is -2.41. The van der Waals surface area contributed by atoms with Gasteiger partial charge in [-0.25, -0.2) is 13.4 Å². The molecule has 0 radical (unpaired) electrons. The van der Waals surface area contributed by atoms with Crippen molar-refractivity contribution in [1.82, 2.24) is 14.5 Å². The van der Waals surface area contributed by atoms with Crippen LogP contribution in [-0.4, -0.2) is 52.1 Å². The molecule has 0 aliphatic carbocycles. The fourth-order valence-electron chi connectivity index (χ4n) is 3.99. The number of aromatic nitrogens is 2. The van der Waals surface area contributed by atoms with E-state index in [-0.39, 0.29) is 29.2 Å². The van der Waals surface area contributed by atoms with E-state index in [9.17, 15) is 13.2 Å². The lowest BCUT2D eigenvalue weighted by atomic mass is 10.1. The summed E-state index contributed by atoms with van der Waals surface area (Å²) in [7, 11) is -3.07. The van der Waals surface area contributed by atoms with Crippen LogP contribution < -0.4 is 0 Å². The Bertz CT molecular complexity index is 1170. The van der Waals surface area contributed by atoms with E-state index in [0.29, 0.717) is 18.9 Å². The van der Waals surface area contributed by atoms with Crippen LogP contribution in [-0.2, 0) is 27.7 Å². The molecule has 2 aromatic heterocycles. The second-order valence-electron chi connectivity index (χ2n) is 8.66. The van der Waals surface area contributed by atoms with Gasteiger partial charge in [0.2, 0.25) is 5.91 Å². The second kappa shape index (κ2) is 9.97. The number of aryl methyl sites for hydroxylation is 1. The zero-order chi connectivity index (χ0) is 22.7. The largest absolute Gasteiger partial charge is 0.333 e. The minimum Gasteiger partial charge on any atom is -0.333 e. The first-order chi connectivity index (χ1) is 15.3. The molecule has 1 fully saturated rings. The molecule has 1 aliphatic heterocycles. The van der Waals surface area contributed by atoms with Gasteiger partial charge in [-0.2, -0.15) is 0 Å². The molecule has 1 amide bonds. The van der Waals surface area contributed by atoms with Gasteiger partial charge in [0.25, 0.3) is 0 Å². The number of benzene rings is 1. The van der Waals surface area contributed by atoms with E-state index in [1.807, 2.05) is 35.7 Å². The van der Waals surface area contributed by atoms with Gasteiger partial charge < -0.3 is 9.47 Å². The van der Waals surface area contributed by atoms with Crippen LogP contribution in [0.25, 0.3) is 11.0 Å². The van der Waals surface area contributed by atoms with Gasteiger partial charge >= 0.3 is 0 Å². The summed E-state index contributed by atoms with van der Waals surface area (Å²) in [6.45, 7) is 5.72. The van der Waals surface area contributed by atoms with E-state index < -0.39 is 9.84 Å². The number of carbonyl (C=O) groups excluding carboxylic acids is 1. The fraction of sp³-hybridized carbons (Fsp3) is 0.478. The summed E-state index contributed by atoms with van der Waals surface area (Å²) < 4.78 is 26.3.